The second kappa shape index (κ2) is 5.43. The average Bonchev–Trinajstić information content (AvgIpc) is 2.74. The zero-order valence-corrected chi connectivity index (χ0v) is 12.3. The Kier molecular flexibility index (Phi) is 4.06. The average molecular weight is 279 g/mol. The Morgan fingerprint density at radius 1 is 1.53 bits per heavy atom. The van der Waals surface area contributed by atoms with Crippen molar-refractivity contribution in [3.63, 3.8) is 0 Å². The summed E-state index contributed by atoms with van der Waals surface area (Å²) in [4.78, 5) is 6.70. The van der Waals surface area contributed by atoms with Gasteiger partial charge in [-0.2, -0.15) is 0 Å². The fraction of sp³-hybridized carbons (Fsp3) is 0.571. The lowest BCUT2D eigenvalue weighted by Crippen LogP contribution is -2.40. The molecule has 1 aromatic rings. The molecule has 0 radical (unpaired) electrons. The predicted molar refractivity (Wildman–Crippen MR) is 81.5 cm³/mol. The van der Waals surface area contributed by atoms with E-state index in [0.717, 1.165) is 42.6 Å². The number of aryl methyl sites for hydroxylation is 1. The van der Waals surface area contributed by atoms with Crippen molar-refractivity contribution in [3.05, 3.63) is 23.4 Å². The van der Waals surface area contributed by atoms with E-state index in [4.69, 9.17) is 18.0 Å². The molecule has 4 nitrogen and oxygen atoms in total. The van der Waals surface area contributed by atoms with E-state index < -0.39 is 5.60 Å². The molecule has 0 aromatic carbocycles. The third-order valence-corrected chi connectivity index (χ3v) is 4.02. The van der Waals surface area contributed by atoms with Crippen LogP contribution in [0, 0.1) is 6.92 Å². The number of aliphatic hydroxyl groups is 1. The lowest BCUT2D eigenvalue weighted by atomic mass is 10.0. The van der Waals surface area contributed by atoms with Crippen LogP contribution in [0.15, 0.2) is 12.3 Å². The lowest BCUT2D eigenvalue weighted by molar-refractivity contribution is 0.0558. The van der Waals surface area contributed by atoms with Crippen LogP contribution in [0.5, 0.6) is 0 Å². The quantitative estimate of drug-likeness (QED) is 0.822. The van der Waals surface area contributed by atoms with Gasteiger partial charge in [0, 0.05) is 19.8 Å². The van der Waals surface area contributed by atoms with Crippen LogP contribution in [0.2, 0.25) is 0 Å². The molecule has 0 unspecified atom stereocenters. The Balaban J connectivity index is 2.26. The van der Waals surface area contributed by atoms with E-state index >= 15 is 0 Å². The zero-order valence-electron chi connectivity index (χ0n) is 11.5. The first-order valence-corrected chi connectivity index (χ1v) is 7.03. The van der Waals surface area contributed by atoms with Crippen LogP contribution >= 0.6 is 12.2 Å². The maximum Gasteiger partial charge on any atom is 0.138 e. The normalized spacial score (nSPS) is 17.4. The van der Waals surface area contributed by atoms with Crippen molar-refractivity contribution in [1.29, 1.82) is 0 Å². The molecule has 1 aliphatic rings. The molecular weight excluding hydrogens is 258 g/mol. The monoisotopic (exact) mass is 279 g/mol. The van der Waals surface area contributed by atoms with E-state index in [-0.39, 0.29) is 0 Å². The zero-order chi connectivity index (χ0) is 14.0. The van der Waals surface area contributed by atoms with E-state index in [1.54, 1.807) is 6.20 Å². The molecule has 1 heterocycles. The number of nitrogens with two attached hydrogens (primary N) is 1. The highest BCUT2D eigenvalue weighted by Crippen LogP contribution is 2.31. The standard InChI is InChI=1S/C14H21N3OS/c1-10-5-8-16-13(11(10)12(15)19)17(2)9-14(18)6-3-4-7-14/h5,8,18H,3-4,6-7,9H2,1-2H3,(H2,15,19). The molecule has 1 aliphatic carbocycles. The van der Waals surface area contributed by atoms with Crippen LogP contribution in [-0.4, -0.2) is 34.3 Å². The van der Waals surface area contributed by atoms with Crippen molar-refractivity contribution in [3.8, 4) is 0 Å². The van der Waals surface area contributed by atoms with Gasteiger partial charge in [0.15, 0.2) is 0 Å². The molecule has 0 saturated heterocycles. The minimum Gasteiger partial charge on any atom is -0.389 e. The smallest absolute Gasteiger partial charge is 0.138 e. The second-order valence-electron chi connectivity index (χ2n) is 5.48. The number of aromatic nitrogens is 1. The Morgan fingerprint density at radius 2 is 2.16 bits per heavy atom. The van der Waals surface area contributed by atoms with Crippen molar-refractivity contribution in [1.82, 2.24) is 4.98 Å². The first-order chi connectivity index (χ1) is 8.93. The summed E-state index contributed by atoms with van der Waals surface area (Å²) in [7, 11) is 1.93. The Labute approximate surface area is 119 Å². The molecule has 1 fully saturated rings. The fourth-order valence-electron chi connectivity index (χ4n) is 2.85. The van der Waals surface area contributed by atoms with Crippen molar-refractivity contribution in [2.45, 2.75) is 38.2 Å². The number of nitrogens with zero attached hydrogens (tertiary/aromatic N) is 2. The highest BCUT2D eigenvalue weighted by molar-refractivity contribution is 7.80. The molecule has 1 saturated carbocycles. The van der Waals surface area contributed by atoms with Gasteiger partial charge in [-0.05, 0) is 31.4 Å². The summed E-state index contributed by atoms with van der Waals surface area (Å²) in [6.07, 6.45) is 5.64. The third-order valence-electron chi connectivity index (χ3n) is 3.81. The topological polar surface area (TPSA) is 62.4 Å². The Morgan fingerprint density at radius 3 is 2.74 bits per heavy atom. The lowest BCUT2D eigenvalue weighted by Gasteiger charge is -2.30. The van der Waals surface area contributed by atoms with Crippen LogP contribution in [0.1, 0.15) is 36.8 Å². The maximum absolute atomic E-state index is 10.5. The van der Waals surface area contributed by atoms with Gasteiger partial charge in [-0.3, -0.25) is 0 Å². The van der Waals surface area contributed by atoms with Crippen LogP contribution < -0.4 is 10.6 Å². The largest absolute Gasteiger partial charge is 0.389 e. The summed E-state index contributed by atoms with van der Waals surface area (Å²) < 4.78 is 0. The van der Waals surface area contributed by atoms with E-state index in [2.05, 4.69) is 4.98 Å². The molecule has 104 valence electrons. The molecule has 3 N–H and O–H groups in total. The number of hydrogen-bond acceptors (Lipinski definition) is 4. The molecule has 2 rings (SSSR count). The Bertz CT molecular complexity index is 484. The van der Waals surface area contributed by atoms with Gasteiger partial charge in [0.05, 0.1) is 11.2 Å². The molecule has 0 atom stereocenters. The van der Waals surface area contributed by atoms with Gasteiger partial charge in [0.2, 0.25) is 0 Å². The van der Waals surface area contributed by atoms with Gasteiger partial charge in [-0.15, -0.1) is 0 Å². The highest BCUT2D eigenvalue weighted by atomic mass is 32.1. The van der Waals surface area contributed by atoms with Crippen LogP contribution in [0.25, 0.3) is 0 Å². The van der Waals surface area contributed by atoms with E-state index in [9.17, 15) is 5.11 Å². The number of thiocarbonyl (C=S) groups is 1. The van der Waals surface area contributed by atoms with Crippen LogP contribution in [0.3, 0.4) is 0 Å². The molecule has 0 aliphatic heterocycles. The molecule has 0 bridgehead atoms. The minimum absolute atomic E-state index is 0.353. The van der Waals surface area contributed by atoms with Gasteiger partial charge in [-0.1, -0.05) is 25.1 Å². The molecular formula is C14H21N3OS. The molecule has 0 amide bonds. The second-order valence-corrected chi connectivity index (χ2v) is 5.92. The van der Waals surface area contributed by atoms with Gasteiger partial charge in [-0.25, -0.2) is 4.98 Å². The highest BCUT2D eigenvalue weighted by Gasteiger charge is 2.33. The molecule has 5 heteroatoms. The third kappa shape index (κ3) is 3.04. The maximum atomic E-state index is 10.5. The predicted octanol–water partition coefficient (Wildman–Crippen LogP) is 1.77. The number of anilines is 1. The number of likely N-dealkylation sites (N-methyl/N-ethyl adjacent to an activating group) is 1. The van der Waals surface area contributed by atoms with E-state index in [1.165, 1.54) is 0 Å². The van der Waals surface area contributed by atoms with E-state index in [1.807, 2.05) is 24.9 Å². The molecule has 1 aromatic heterocycles. The number of pyridine rings is 1. The van der Waals surface area contributed by atoms with Gasteiger partial charge >= 0.3 is 0 Å². The summed E-state index contributed by atoms with van der Waals surface area (Å²) in [5.41, 5.74) is 7.02. The van der Waals surface area contributed by atoms with Crippen LogP contribution in [-0.2, 0) is 0 Å². The number of hydrogen-bond donors (Lipinski definition) is 2. The van der Waals surface area contributed by atoms with Crippen molar-refractivity contribution in [2.24, 2.45) is 5.73 Å². The first-order valence-electron chi connectivity index (χ1n) is 6.62. The van der Waals surface area contributed by atoms with Gasteiger partial charge < -0.3 is 15.7 Å². The van der Waals surface area contributed by atoms with Crippen molar-refractivity contribution < 1.29 is 5.11 Å². The molecule has 0 spiro atoms. The summed E-state index contributed by atoms with van der Waals surface area (Å²) in [6.45, 7) is 2.54. The first kappa shape index (κ1) is 14.2. The molecule has 19 heavy (non-hydrogen) atoms. The summed E-state index contributed by atoms with van der Waals surface area (Å²) in [5, 5.41) is 10.5. The van der Waals surface area contributed by atoms with Crippen LogP contribution in [0.4, 0.5) is 5.82 Å². The van der Waals surface area contributed by atoms with Gasteiger partial charge in [0.25, 0.3) is 0 Å². The Hall–Kier alpha value is -1.20. The van der Waals surface area contributed by atoms with Crippen molar-refractivity contribution >= 4 is 23.0 Å². The SMILES string of the molecule is Cc1ccnc(N(C)CC2(O)CCCC2)c1C(N)=S. The summed E-state index contributed by atoms with van der Waals surface area (Å²) >= 11 is 5.12. The summed E-state index contributed by atoms with van der Waals surface area (Å²) in [6, 6.07) is 1.90. The van der Waals surface area contributed by atoms with E-state index in [0.29, 0.717) is 11.5 Å². The fourth-order valence-corrected chi connectivity index (χ4v) is 3.10. The number of rotatable bonds is 4. The minimum atomic E-state index is -0.604. The summed E-state index contributed by atoms with van der Waals surface area (Å²) in [5.74, 6) is 0.757. The van der Waals surface area contributed by atoms with Crippen molar-refractivity contribution in [2.75, 3.05) is 18.5 Å². The van der Waals surface area contributed by atoms with Gasteiger partial charge in [0.1, 0.15) is 10.8 Å².